The Bertz CT molecular complexity index is 1000. The fourth-order valence-corrected chi connectivity index (χ4v) is 3.06. The highest BCUT2D eigenvalue weighted by Crippen LogP contribution is 2.30. The molecule has 6 heteroatoms. The molecule has 6 nitrogen and oxygen atoms in total. The first-order valence-corrected chi connectivity index (χ1v) is 9.40. The predicted octanol–water partition coefficient (Wildman–Crippen LogP) is 4.97. The van der Waals surface area contributed by atoms with Crippen molar-refractivity contribution >= 4 is 23.0 Å². The van der Waals surface area contributed by atoms with Gasteiger partial charge in [0.15, 0.2) is 11.5 Å². The van der Waals surface area contributed by atoms with Crippen molar-refractivity contribution in [3.05, 3.63) is 71.5 Å². The van der Waals surface area contributed by atoms with Gasteiger partial charge in [0.1, 0.15) is 5.69 Å². The van der Waals surface area contributed by atoms with Gasteiger partial charge in [-0.1, -0.05) is 25.1 Å². The molecule has 0 radical (unpaired) electrons. The summed E-state index contributed by atoms with van der Waals surface area (Å²) >= 11 is 0. The quantitative estimate of drug-likeness (QED) is 0.595. The van der Waals surface area contributed by atoms with Gasteiger partial charge >= 0.3 is 0 Å². The van der Waals surface area contributed by atoms with Crippen molar-refractivity contribution in [1.82, 2.24) is 4.98 Å². The van der Waals surface area contributed by atoms with Crippen LogP contribution in [0.3, 0.4) is 0 Å². The summed E-state index contributed by atoms with van der Waals surface area (Å²) in [5.41, 5.74) is 5.24. The number of carbonyl (C=O) groups excluding carboxylic acids is 1. The molecule has 29 heavy (non-hydrogen) atoms. The first-order valence-electron chi connectivity index (χ1n) is 9.40. The molecule has 0 spiro atoms. The van der Waals surface area contributed by atoms with E-state index in [-0.39, 0.29) is 5.91 Å². The van der Waals surface area contributed by atoms with Crippen LogP contribution in [-0.2, 0) is 6.42 Å². The largest absolute Gasteiger partial charge is 0.493 e. The second kappa shape index (κ2) is 9.10. The van der Waals surface area contributed by atoms with Crippen LogP contribution in [0.15, 0.2) is 54.7 Å². The predicted molar refractivity (Wildman–Crippen MR) is 116 cm³/mol. The molecule has 3 aromatic rings. The second-order valence-electron chi connectivity index (χ2n) is 6.54. The van der Waals surface area contributed by atoms with Gasteiger partial charge in [-0.3, -0.25) is 4.79 Å². The van der Waals surface area contributed by atoms with Crippen molar-refractivity contribution in [1.29, 1.82) is 0 Å². The summed E-state index contributed by atoms with van der Waals surface area (Å²) in [6.45, 7) is 4.19. The number of ether oxygens (including phenoxy) is 2. The number of pyridine rings is 1. The summed E-state index contributed by atoms with van der Waals surface area (Å²) in [7, 11) is 3.12. The lowest BCUT2D eigenvalue weighted by molar-refractivity contribution is 0.102. The zero-order valence-corrected chi connectivity index (χ0v) is 17.1. The average Bonchev–Trinajstić information content (AvgIpc) is 2.75. The van der Waals surface area contributed by atoms with E-state index in [0.29, 0.717) is 22.9 Å². The minimum Gasteiger partial charge on any atom is -0.493 e. The van der Waals surface area contributed by atoms with Crippen LogP contribution in [0.2, 0.25) is 0 Å². The van der Waals surface area contributed by atoms with E-state index >= 15 is 0 Å². The Labute approximate surface area is 170 Å². The lowest BCUT2D eigenvalue weighted by Crippen LogP contribution is -2.13. The molecule has 2 aromatic carbocycles. The third kappa shape index (κ3) is 4.66. The smallest absolute Gasteiger partial charge is 0.274 e. The van der Waals surface area contributed by atoms with Crippen LogP contribution in [0.25, 0.3) is 0 Å². The highest BCUT2D eigenvalue weighted by molar-refractivity contribution is 6.03. The summed E-state index contributed by atoms with van der Waals surface area (Å²) in [4.78, 5) is 16.8. The Morgan fingerprint density at radius 3 is 2.41 bits per heavy atom. The Hall–Kier alpha value is -3.54. The number of methoxy groups -OCH3 is 2. The van der Waals surface area contributed by atoms with Gasteiger partial charge in [-0.05, 0) is 48.7 Å². The third-order valence-corrected chi connectivity index (χ3v) is 4.65. The van der Waals surface area contributed by atoms with Crippen molar-refractivity contribution in [2.75, 3.05) is 24.9 Å². The van der Waals surface area contributed by atoms with Gasteiger partial charge in [0, 0.05) is 17.4 Å². The molecule has 150 valence electrons. The zero-order chi connectivity index (χ0) is 20.8. The lowest BCUT2D eigenvalue weighted by atomic mass is 10.1. The van der Waals surface area contributed by atoms with Crippen LogP contribution in [0, 0.1) is 6.92 Å². The van der Waals surface area contributed by atoms with E-state index in [9.17, 15) is 4.79 Å². The lowest BCUT2D eigenvalue weighted by Gasteiger charge is -2.14. The number of carbonyl (C=O) groups is 1. The van der Waals surface area contributed by atoms with E-state index < -0.39 is 0 Å². The van der Waals surface area contributed by atoms with Gasteiger partial charge in [0.2, 0.25) is 0 Å². The molecule has 0 bridgehead atoms. The number of aromatic nitrogens is 1. The number of amides is 1. The minimum atomic E-state index is -0.297. The van der Waals surface area contributed by atoms with Gasteiger partial charge < -0.3 is 20.1 Å². The maximum absolute atomic E-state index is 12.5. The fraction of sp³-hybridized carbons (Fsp3) is 0.217. The molecule has 1 heterocycles. The van der Waals surface area contributed by atoms with Gasteiger partial charge in [0.25, 0.3) is 5.91 Å². The zero-order valence-electron chi connectivity index (χ0n) is 17.1. The van der Waals surface area contributed by atoms with Gasteiger partial charge in [0.05, 0.1) is 26.1 Å². The molecule has 0 unspecified atom stereocenters. The van der Waals surface area contributed by atoms with Crippen molar-refractivity contribution in [2.45, 2.75) is 20.3 Å². The monoisotopic (exact) mass is 391 g/mol. The highest BCUT2D eigenvalue weighted by Gasteiger charge is 2.11. The number of nitrogens with one attached hydrogen (secondary N) is 2. The molecule has 2 N–H and O–H groups in total. The first kappa shape index (κ1) is 20.2. The number of hydrogen-bond acceptors (Lipinski definition) is 5. The number of benzene rings is 2. The standard InChI is InChI=1S/C23H25N3O3/c1-5-16-8-6-7-15(2)22(16)25-18-9-11-19(24-14-18)23(27)26-17-10-12-20(28-3)21(13-17)29-4/h6-14,25H,5H2,1-4H3,(H,26,27). The molecule has 0 saturated carbocycles. The van der Waals surface area contributed by atoms with Crippen molar-refractivity contribution in [3.63, 3.8) is 0 Å². The Kier molecular flexibility index (Phi) is 6.34. The van der Waals surface area contributed by atoms with Crippen molar-refractivity contribution < 1.29 is 14.3 Å². The molecule has 3 rings (SSSR count). The molecular formula is C23H25N3O3. The molecule has 0 atom stereocenters. The van der Waals surface area contributed by atoms with E-state index in [4.69, 9.17) is 9.47 Å². The normalized spacial score (nSPS) is 10.3. The van der Waals surface area contributed by atoms with Crippen LogP contribution in [0.4, 0.5) is 17.1 Å². The number of rotatable bonds is 7. The molecule has 0 saturated heterocycles. The maximum Gasteiger partial charge on any atom is 0.274 e. The van der Waals surface area contributed by atoms with Gasteiger partial charge in [-0.15, -0.1) is 0 Å². The molecule has 0 fully saturated rings. The van der Waals surface area contributed by atoms with E-state index in [1.54, 1.807) is 44.7 Å². The number of hydrogen-bond donors (Lipinski definition) is 2. The Balaban J connectivity index is 1.73. The number of nitrogens with zero attached hydrogens (tertiary/aromatic N) is 1. The highest BCUT2D eigenvalue weighted by atomic mass is 16.5. The first-order chi connectivity index (χ1) is 14.0. The maximum atomic E-state index is 12.5. The summed E-state index contributed by atoms with van der Waals surface area (Å²) in [6, 6.07) is 15.0. The second-order valence-corrected chi connectivity index (χ2v) is 6.54. The van der Waals surface area contributed by atoms with Crippen LogP contribution < -0.4 is 20.1 Å². The Morgan fingerprint density at radius 2 is 1.76 bits per heavy atom. The van der Waals surface area contributed by atoms with Crippen LogP contribution in [0.1, 0.15) is 28.5 Å². The SMILES string of the molecule is CCc1cccc(C)c1Nc1ccc(C(=O)Nc2ccc(OC)c(OC)c2)nc1. The van der Waals surface area contributed by atoms with Gasteiger partial charge in [-0.2, -0.15) is 0 Å². The molecular weight excluding hydrogens is 366 g/mol. The van der Waals surface area contributed by atoms with Crippen molar-refractivity contribution in [2.24, 2.45) is 0 Å². The summed E-state index contributed by atoms with van der Waals surface area (Å²) in [5, 5.41) is 6.23. The summed E-state index contributed by atoms with van der Waals surface area (Å²) in [5.74, 6) is 0.846. The Morgan fingerprint density at radius 1 is 1.00 bits per heavy atom. The van der Waals surface area contributed by atoms with Gasteiger partial charge in [-0.25, -0.2) is 4.98 Å². The minimum absolute atomic E-state index is 0.297. The van der Waals surface area contributed by atoms with E-state index in [2.05, 4.69) is 47.7 Å². The molecule has 1 amide bonds. The fourth-order valence-electron chi connectivity index (χ4n) is 3.06. The van der Waals surface area contributed by atoms with E-state index in [1.165, 1.54) is 11.1 Å². The average molecular weight is 391 g/mol. The molecule has 0 aliphatic carbocycles. The van der Waals surface area contributed by atoms with Crippen LogP contribution in [0.5, 0.6) is 11.5 Å². The van der Waals surface area contributed by atoms with Crippen molar-refractivity contribution in [3.8, 4) is 11.5 Å². The van der Waals surface area contributed by atoms with E-state index in [1.807, 2.05) is 6.07 Å². The molecule has 1 aromatic heterocycles. The number of aryl methyl sites for hydroxylation is 2. The number of anilines is 3. The molecule has 0 aliphatic heterocycles. The summed E-state index contributed by atoms with van der Waals surface area (Å²) < 4.78 is 10.5. The number of para-hydroxylation sites is 1. The van der Waals surface area contributed by atoms with E-state index in [0.717, 1.165) is 17.8 Å². The topological polar surface area (TPSA) is 72.5 Å². The summed E-state index contributed by atoms with van der Waals surface area (Å²) in [6.07, 6.45) is 2.60. The van der Waals surface area contributed by atoms with Crippen LogP contribution in [-0.4, -0.2) is 25.1 Å². The van der Waals surface area contributed by atoms with Crippen LogP contribution >= 0.6 is 0 Å². The molecule has 0 aliphatic rings. The third-order valence-electron chi connectivity index (χ3n) is 4.65.